The number of ether oxygens (including phenoxy) is 1. The Bertz CT molecular complexity index is 1240. The lowest BCUT2D eigenvalue weighted by Gasteiger charge is -2.18. The Balaban J connectivity index is 1.55. The van der Waals surface area contributed by atoms with Crippen molar-refractivity contribution in [3.63, 3.8) is 0 Å². The van der Waals surface area contributed by atoms with Crippen LogP contribution in [0.15, 0.2) is 78.2 Å². The summed E-state index contributed by atoms with van der Waals surface area (Å²) in [4.78, 5) is 18.8. The standard InChI is InChI=1S/C25H25N5O2S/c1-18-8-4-5-12-22(18)30-24(20-10-7-13-26-15-20)27-28-25(30)33-17-23(31)29(2)16-19-9-6-11-21(14-19)32-3/h4-15H,16-17H2,1-3H3. The van der Waals surface area contributed by atoms with Crippen LogP contribution in [0.4, 0.5) is 0 Å². The molecule has 2 aromatic heterocycles. The molecule has 33 heavy (non-hydrogen) atoms. The number of aromatic nitrogens is 4. The van der Waals surface area contributed by atoms with Gasteiger partial charge in [-0.15, -0.1) is 10.2 Å². The van der Waals surface area contributed by atoms with E-state index < -0.39 is 0 Å². The van der Waals surface area contributed by atoms with Crippen LogP contribution >= 0.6 is 11.8 Å². The average molecular weight is 460 g/mol. The molecule has 4 rings (SSSR count). The maximum absolute atomic E-state index is 12.9. The third-order valence-corrected chi connectivity index (χ3v) is 6.13. The lowest BCUT2D eigenvalue weighted by molar-refractivity contribution is -0.127. The molecule has 0 atom stereocenters. The predicted octanol–water partition coefficient (Wildman–Crippen LogP) is 4.40. The van der Waals surface area contributed by atoms with Gasteiger partial charge in [0.2, 0.25) is 5.91 Å². The number of hydrogen-bond acceptors (Lipinski definition) is 6. The Hall–Kier alpha value is -3.65. The molecule has 1 amide bonds. The molecule has 0 N–H and O–H groups in total. The summed E-state index contributed by atoms with van der Waals surface area (Å²) in [5, 5.41) is 9.49. The first kappa shape index (κ1) is 22.5. The monoisotopic (exact) mass is 459 g/mol. The minimum Gasteiger partial charge on any atom is -0.497 e. The van der Waals surface area contributed by atoms with E-state index in [0.717, 1.165) is 28.1 Å². The number of pyridine rings is 1. The molecule has 0 aliphatic carbocycles. The number of carbonyl (C=O) groups is 1. The van der Waals surface area contributed by atoms with Gasteiger partial charge in [0.25, 0.3) is 0 Å². The van der Waals surface area contributed by atoms with E-state index in [9.17, 15) is 4.79 Å². The first-order valence-corrected chi connectivity index (χ1v) is 11.5. The summed E-state index contributed by atoms with van der Waals surface area (Å²) in [6, 6.07) is 19.6. The van der Waals surface area contributed by atoms with Crippen molar-refractivity contribution in [3.8, 4) is 22.8 Å². The van der Waals surface area contributed by atoms with E-state index in [1.807, 2.05) is 72.2 Å². The molecule has 0 aliphatic rings. The second-order valence-corrected chi connectivity index (χ2v) is 8.50. The van der Waals surface area contributed by atoms with Gasteiger partial charge < -0.3 is 9.64 Å². The maximum atomic E-state index is 12.9. The van der Waals surface area contributed by atoms with Gasteiger partial charge in [-0.3, -0.25) is 14.3 Å². The molecule has 0 radical (unpaired) electrons. The summed E-state index contributed by atoms with van der Waals surface area (Å²) in [5.41, 5.74) is 3.94. The van der Waals surface area contributed by atoms with Crippen molar-refractivity contribution < 1.29 is 9.53 Å². The largest absolute Gasteiger partial charge is 0.497 e. The van der Waals surface area contributed by atoms with Crippen LogP contribution in [0.1, 0.15) is 11.1 Å². The zero-order valence-electron chi connectivity index (χ0n) is 18.8. The third-order valence-electron chi connectivity index (χ3n) is 5.21. The van der Waals surface area contributed by atoms with Gasteiger partial charge in [0, 0.05) is 31.5 Å². The van der Waals surface area contributed by atoms with Gasteiger partial charge in [0.1, 0.15) is 5.75 Å². The highest BCUT2D eigenvalue weighted by molar-refractivity contribution is 7.99. The van der Waals surface area contributed by atoms with Crippen molar-refractivity contribution in [2.75, 3.05) is 19.9 Å². The highest BCUT2D eigenvalue weighted by atomic mass is 32.2. The van der Waals surface area contributed by atoms with Gasteiger partial charge >= 0.3 is 0 Å². The molecule has 8 heteroatoms. The van der Waals surface area contributed by atoms with Crippen molar-refractivity contribution in [3.05, 3.63) is 84.2 Å². The molecule has 0 saturated heterocycles. The van der Waals surface area contributed by atoms with Crippen LogP contribution in [0.5, 0.6) is 5.75 Å². The Morgan fingerprint density at radius 1 is 1.09 bits per heavy atom. The van der Waals surface area contributed by atoms with Crippen LogP contribution < -0.4 is 4.74 Å². The number of nitrogens with zero attached hydrogens (tertiary/aromatic N) is 5. The molecule has 0 fully saturated rings. The van der Waals surface area contributed by atoms with Gasteiger partial charge in [-0.25, -0.2) is 0 Å². The molecular formula is C25H25N5O2S. The van der Waals surface area contributed by atoms with Gasteiger partial charge in [-0.05, 0) is 48.4 Å². The Morgan fingerprint density at radius 3 is 2.70 bits per heavy atom. The summed E-state index contributed by atoms with van der Waals surface area (Å²) in [6.07, 6.45) is 3.49. The number of rotatable bonds is 8. The summed E-state index contributed by atoms with van der Waals surface area (Å²) in [7, 11) is 3.44. The van der Waals surface area contributed by atoms with E-state index in [1.54, 1.807) is 31.5 Å². The highest BCUT2D eigenvalue weighted by Crippen LogP contribution is 2.29. The van der Waals surface area contributed by atoms with Crippen LogP contribution in [0.3, 0.4) is 0 Å². The van der Waals surface area contributed by atoms with Crippen LogP contribution in [0, 0.1) is 6.92 Å². The lowest BCUT2D eigenvalue weighted by Crippen LogP contribution is -2.27. The smallest absolute Gasteiger partial charge is 0.233 e. The van der Waals surface area contributed by atoms with Crippen LogP contribution in [-0.2, 0) is 11.3 Å². The second kappa shape index (κ2) is 10.3. The zero-order valence-corrected chi connectivity index (χ0v) is 19.6. The van der Waals surface area contributed by atoms with Gasteiger partial charge in [-0.1, -0.05) is 42.1 Å². The van der Waals surface area contributed by atoms with E-state index in [0.29, 0.717) is 17.5 Å². The zero-order chi connectivity index (χ0) is 23.2. The summed E-state index contributed by atoms with van der Waals surface area (Å²) in [5.74, 6) is 1.72. The minimum absolute atomic E-state index is 0.00470. The first-order valence-electron chi connectivity index (χ1n) is 10.5. The normalized spacial score (nSPS) is 10.8. The molecule has 0 saturated carbocycles. The first-order chi connectivity index (χ1) is 16.1. The molecule has 0 spiro atoms. The number of methoxy groups -OCH3 is 1. The Morgan fingerprint density at radius 2 is 1.94 bits per heavy atom. The summed E-state index contributed by atoms with van der Waals surface area (Å²) >= 11 is 1.37. The lowest BCUT2D eigenvalue weighted by atomic mass is 10.2. The van der Waals surface area contributed by atoms with E-state index in [-0.39, 0.29) is 11.7 Å². The minimum atomic E-state index is 0.00470. The molecule has 2 aromatic carbocycles. The van der Waals surface area contributed by atoms with Gasteiger partial charge in [0.05, 0.1) is 18.6 Å². The van der Waals surface area contributed by atoms with E-state index in [2.05, 4.69) is 15.2 Å². The van der Waals surface area contributed by atoms with Crippen molar-refractivity contribution in [2.24, 2.45) is 0 Å². The number of benzene rings is 2. The molecule has 7 nitrogen and oxygen atoms in total. The fraction of sp³-hybridized carbons (Fsp3) is 0.200. The fourth-order valence-electron chi connectivity index (χ4n) is 3.45. The van der Waals surface area contributed by atoms with E-state index in [1.165, 1.54) is 11.8 Å². The third kappa shape index (κ3) is 5.23. The van der Waals surface area contributed by atoms with Crippen LogP contribution in [-0.4, -0.2) is 50.5 Å². The number of carbonyl (C=O) groups excluding carboxylic acids is 1. The Kier molecular flexibility index (Phi) is 7.04. The molecule has 4 aromatic rings. The van der Waals surface area contributed by atoms with Crippen LogP contribution in [0.25, 0.3) is 17.1 Å². The molecular weight excluding hydrogens is 434 g/mol. The van der Waals surface area contributed by atoms with E-state index in [4.69, 9.17) is 4.74 Å². The molecule has 2 heterocycles. The fourth-order valence-corrected chi connectivity index (χ4v) is 4.33. The van der Waals surface area contributed by atoms with Crippen molar-refractivity contribution in [1.29, 1.82) is 0 Å². The predicted molar refractivity (Wildman–Crippen MR) is 130 cm³/mol. The Labute approximate surface area is 197 Å². The molecule has 0 unspecified atom stereocenters. The average Bonchev–Trinajstić information content (AvgIpc) is 3.27. The SMILES string of the molecule is COc1cccc(CN(C)C(=O)CSc2nnc(-c3cccnc3)n2-c2ccccc2C)c1. The second-order valence-electron chi connectivity index (χ2n) is 7.56. The number of thioether (sulfide) groups is 1. The molecule has 168 valence electrons. The van der Waals surface area contributed by atoms with Crippen molar-refractivity contribution in [1.82, 2.24) is 24.6 Å². The highest BCUT2D eigenvalue weighted by Gasteiger charge is 2.19. The van der Waals surface area contributed by atoms with Crippen molar-refractivity contribution in [2.45, 2.75) is 18.6 Å². The van der Waals surface area contributed by atoms with Crippen molar-refractivity contribution >= 4 is 17.7 Å². The number of hydrogen-bond donors (Lipinski definition) is 0. The summed E-state index contributed by atoms with van der Waals surface area (Å²) in [6.45, 7) is 2.55. The molecule has 0 aliphatic heterocycles. The van der Waals surface area contributed by atoms with Gasteiger partial charge in [-0.2, -0.15) is 0 Å². The topological polar surface area (TPSA) is 73.1 Å². The van der Waals surface area contributed by atoms with Gasteiger partial charge in [0.15, 0.2) is 11.0 Å². The summed E-state index contributed by atoms with van der Waals surface area (Å²) < 4.78 is 7.27. The molecule has 0 bridgehead atoms. The quantitative estimate of drug-likeness (QED) is 0.364. The number of amides is 1. The number of para-hydroxylation sites is 1. The van der Waals surface area contributed by atoms with E-state index >= 15 is 0 Å². The number of aryl methyl sites for hydroxylation is 1. The van der Waals surface area contributed by atoms with Crippen LogP contribution in [0.2, 0.25) is 0 Å². The maximum Gasteiger partial charge on any atom is 0.233 e.